The van der Waals surface area contributed by atoms with Gasteiger partial charge in [-0.15, -0.1) is 0 Å². The van der Waals surface area contributed by atoms with Crippen LogP contribution in [0, 0.1) is 18.3 Å². The van der Waals surface area contributed by atoms with E-state index in [0.29, 0.717) is 5.56 Å². The third kappa shape index (κ3) is 2.60. The van der Waals surface area contributed by atoms with Gasteiger partial charge >= 0.3 is 5.97 Å². The van der Waals surface area contributed by atoms with Crippen LogP contribution in [0.15, 0.2) is 24.3 Å². The van der Waals surface area contributed by atoms with Crippen molar-refractivity contribution < 1.29 is 9.53 Å². The Morgan fingerprint density at radius 2 is 2.00 bits per heavy atom. The van der Waals surface area contributed by atoms with E-state index in [1.165, 1.54) is 6.92 Å². The third-order valence-corrected chi connectivity index (χ3v) is 1.78. The Hall–Kier alpha value is -1.82. The summed E-state index contributed by atoms with van der Waals surface area (Å²) in [7, 11) is 0. The molecular weight excluding hydrogens is 178 g/mol. The molecule has 0 heterocycles. The predicted molar refractivity (Wildman–Crippen MR) is 51.3 cm³/mol. The van der Waals surface area contributed by atoms with Crippen LogP contribution in [0.2, 0.25) is 0 Å². The maximum atomic E-state index is 10.7. The van der Waals surface area contributed by atoms with Crippen LogP contribution in [-0.4, -0.2) is 5.97 Å². The standard InChI is InChI=1S/C11H11NO2/c1-8-3-5-10(6-4-8)11(7-12)14-9(2)13/h3-6,11H,1-2H3. The number of esters is 1. The first-order valence-electron chi connectivity index (χ1n) is 4.27. The molecule has 3 nitrogen and oxygen atoms in total. The molecule has 0 radical (unpaired) electrons. The zero-order chi connectivity index (χ0) is 10.6. The Bertz CT molecular complexity index is 362. The molecule has 0 aliphatic heterocycles. The molecule has 1 aromatic rings. The zero-order valence-electron chi connectivity index (χ0n) is 8.15. The lowest BCUT2D eigenvalue weighted by atomic mass is 10.1. The van der Waals surface area contributed by atoms with Crippen molar-refractivity contribution in [2.24, 2.45) is 0 Å². The number of nitrogens with zero attached hydrogens (tertiary/aromatic N) is 1. The van der Waals surface area contributed by atoms with Gasteiger partial charge in [0, 0.05) is 12.5 Å². The highest BCUT2D eigenvalue weighted by Crippen LogP contribution is 2.16. The van der Waals surface area contributed by atoms with E-state index in [-0.39, 0.29) is 0 Å². The van der Waals surface area contributed by atoms with E-state index in [1.54, 1.807) is 12.1 Å². The summed E-state index contributed by atoms with van der Waals surface area (Å²) >= 11 is 0. The summed E-state index contributed by atoms with van der Waals surface area (Å²) in [5, 5.41) is 8.77. The molecule has 0 spiro atoms. The van der Waals surface area contributed by atoms with Crippen LogP contribution in [0.25, 0.3) is 0 Å². The summed E-state index contributed by atoms with van der Waals surface area (Å²) in [6.45, 7) is 3.25. The molecule has 0 aromatic heterocycles. The molecule has 1 aromatic carbocycles. The van der Waals surface area contributed by atoms with Gasteiger partial charge in [-0.05, 0) is 6.92 Å². The van der Waals surface area contributed by atoms with E-state index in [2.05, 4.69) is 0 Å². The molecule has 0 bridgehead atoms. The fourth-order valence-electron chi connectivity index (χ4n) is 1.08. The first-order valence-corrected chi connectivity index (χ1v) is 4.27. The average Bonchev–Trinajstić information content (AvgIpc) is 2.15. The Morgan fingerprint density at radius 3 is 2.43 bits per heavy atom. The van der Waals surface area contributed by atoms with Gasteiger partial charge in [-0.3, -0.25) is 4.79 Å². The lowest BCUT2D eigenvalue weighted by Crippen LogP contribution is -2.06. The van der Waals surface area contributed by atoms with Crippen LogP contribution in [0.5, 0.6) is 0 Å². The van der Waals surface area contributed by atoms with Crippen LogP contribution in [0.4, 0.5) is 0 Å². The molecule has 0 saturated carbocycles. The number of benzene rings is 1. The Labute approximate surface area is 82.9 Å². The van der Waals surface area contributed by atoms with Gasteiger partial charge in [-0.1, -0.05) is 29.8 Å². The normalized spacial score (nSPS) is 11.5. The van der Waals surface area contributed by atoms with E-state index >= 15 is 0 Å². The molecule has 0 aliphatic rings. The summed E-state index contributed by atoms with van der Waals surface area (Å²) in [6, 6.07) is 9.25. The Morgan fingerprint density at radius 1 is 1.43 bits per heavy atom. The van der Waals surface area contributed by atoms with Gasteiger partial charge in [0.15, 0.2) is 0 Å². The number of aryl methyl sites for hydroxylation is 1. The third-order valence-electron chi connectivity index (χ3n) is 1.78. The second-order valence-electron chi connectivity index (χ2n) is 3.03. The molecule has 0 N–H and O–H groups in total. The lowest BCUT2D eigenvalue weighted by molar-refractivity contribution is -0.144. The number of rotatable bonds is 2. The van der Waals surface area contributed by atoms with Crippen LogP contribution >= 0.6 is 0 Å². The zero-order valence-corrected chi connectivity index (χ0v) is 8.15. The maximum Gasteiger partial charge on any atom is 0.304 e. The van der Waals surface area contributed by atoms with Crippen molar-refractivity contribution in [3.8, 4) is 6.07 Å². The Balaban J connectivity index is 2.85. The largest absolute Gasteiger partial charge is 0.442 e. The molecule has 1 atom stereocenters. The van der Waals surface area contributed by atoms with Crippen molar-refractivity contribution in [2.45, 2.75) is 20.0 Å². The molecule has 1 unspecified atom stereocenters. The number of hydrogen-bond acceptors (Lipinski definition) is 3. The van der Waals surface area contributed by atoms with E-state index in [0.717, 1.165) is 5.56 Å². The lowest BCUT2D eigenvalue weighted by Gasteiger charge is -2.09. The fourth-order valence-corrected chi connectivity index (χ4v) is 1.08. The fraction of sp³-hybridized carbons (Fsp3) is 0.273. The summed E-state index contributed by atoms with van der Waals surface area (Å²) in [6.07, 6.45) is -0.798. The van der Waals surface area contributed by atoms with E-state index < -0.39 is 12.1 Å². The van der Waals surface area contributed by atoms with Gasteiger partial charge in [0.1, 0.15) is 6.07 Å². The topological polar surface area (TPSA) is 50.1 Å². The summed E-state index contributed by atoms with van der Waals surface area (Å²) in [5.74, 6) is -0.447. The molecule has 14 heavy (non-hydrogen) atoms. The predicted octanol–water partition coefficient (Wildman–Crippen LogP) is 2.12. The van der Waals surface area contributed by atoms with Gasteiger partial charge in [0.05, 0.1) is 0 Å². The quantitative estimate of drug-likeness (QED) is 0.669. The highest BCUT2D eigenvalue weighted by molar-refractivity contribution is 5.66. The minimum Gasteiger partial charge on any atom is -0.442 e. The highest BCUT2D eigenvalue weighted by atomic mass is 16.5. The van der Waals surface area contributed by atoms with Crippen molar-refractivity contribution in [3.63, 3.8) is 0 Å². The second kappa shape index (κ2) is 4.43. The van der Waals surface area contributed by atoms with Crippen LogP contribution in [-0.2, 0) is 9.53 Å². The van der Waals surface area contributed by atoms with Gasteiger partial charge in [-0.2, -0.15) is 5.26 Å². The van der Waals surface area contributed by atoms with Gasteiger partial charge in [0.2, 0.25) is 6.10 Å². The summed E-state index contributed by atoms with van der Waals surface area (Å²) < 4.78 is 4.83. The van der Waals surface area contributed by atoms with E-state index in [1.807, 2.05) is 25.1 Å². The van der Waals surface area contributed by atoms with Gasteiger partial charge in [-0.25, -0.2) is 0 Å². The molecule has 0 saturated heterocycles. The van der Waals surface area contributed by atoms with Gasteiger partial charge < -0.3 is 4.74 Å². The molecule has 0 amide bonds. The van der Waals surface area contributed by atoms with E-state index in [9.17, 15) is 4.79 Å². The molecule has 0 aliphatic carbocycles. The number of hydrogen-bond donors (Lipinski definition) is 0. The molecule has 0 fully saturated rings. The van der Waals surface area contributed by atoms with Crippen molar-refractivity contribution in [1.29, 1.82) is 5.26 Å². The monoisotopic (exact) mass is 189 g/mol. The summed E-state index contributed by atoms with van der Waals surface area (Å²) in [4.78, 5) is 10.7. The molecular formula is C11H11NO2. The second-order valence-corrected chi connectivity index (χ2v) is 3.03. The highest BCUT2D eigenvalue weighted by Gasteiger charge is 2.12. The minimum absolute atomic E-state index is 0.447. The number of ether oxygens (including phenoxy) is 1. The number of nitriles is 1. The van der Waals surface area contributed by atoms with Crippen molar-refractivity contribution >= 4 is 5.97 Å². The van der Waals surface area contributed by atoms with Gasteiger partial charge in [0.25, 0.3) is 0 Å². The summed E-state index contributed by atoms with van der Waals surface area (Å²) in [5.41, 5.74) is 1.81. The molecule has 1 rings (SSSR count). The smallest absolute Gasteiger partial charge is 0.304 e. The van der Waals surface area contributed by atoms with E-state index in [4.69, 9.17) is 10.00 Å². The van der Waals surface area contributed by atoms with Crippen LogP contribution in [0.3, 0.4) is 0 Å². The van der Waals surface area contributed by atoms with Crippen molar-refractivity contribution in [2.75, 3.05) is 0 Å². The molecule has 72 valence electrons. The molecule has 3 heteroatoms. The van der Waals surface area contributed by atoms with Crippen molar-refractivity contribution in [3.05, 3.63) is 35.4 Å². The minimum atomic E-state index is -0.798. The first kappa shape index (κ1) is 10.3. The maximum absolute atomic E-state index is 10.7. The SMILES string of the molecule is CC(=O)OC(C#N)c1ccc(C)cc1. The number of carbonyl (C=O) groups is 1. The van der Waals surface area contributed by atoms with Crippen molar-refractivity contribution in [1.82, 2.24) is 0 Å². The Kier molecular flexibility index (Phi) is 3.24. The first-order chi connectivity index (χ1) is 6.63. The average molecular weight is 189 g/mol. The number of carbonyl (C=O) groups excluding carboxylic acids is 1. The van der Waals surface area contributed by atoms with Crippen LogP contribution < -0.4 is 0 Å². The van der Waals surface area contributed by atoms with Crippen LogP contribution in [0.1, 0.15) is 24.2 Å².